The van der Waals surface area contributed by atoms with Crippen LogP contribution in [-0.4, -0.2) is 47.0 Å². The number of hydrogen-bond donors (Lipinski definition) is 1. The highest BCUT2D eigenvalue weighted by Gasteiger charge is 2.26. The monoisotopic (exact) mass is 407 g/mol. The van der Waals surface area contributed by atoms with Crippen molar-refractivity contribution in [1.82, 2.24) is 9.62 Å². The highest BCUT2D eigenvalue weighted by atomic mass is 35.5. The molecule has 0 aromatic heterocycles. The molecule has 1 fully saturated rings. The van der Waals surface area contributed by atoms with Crippen LogP contribution in [0.15, 0.2) is 53.4 Å². The second-order valence-corrected chi connectivity index (χ2v) is 9.17. The molecule has 0 saturated carbocycles. The number of likely N-dealkylation sites (tertiary alicyclic amines) is 1. The molecular formula is C20H26ClN3O2S. The Morgan fingerprint density at radius 3 is 2.30 bits per heavy atom. The van der Waals surface area contributed by atoms with E-state index in [0.717, 1.165) is 37.2 Å². The van der Waals surface area contributed by atoms with Crippen LogP contribution in [0.3, 0.4) is 0 Å². The van der Waals surface area contributed by atoms with E-state index in [1.54, 1.807) is 18.2 Å². The Morgan fingerprint density at radius 2 is 1.70 bits per heavy atom. The highest BCUT2D eigenvalue weighted by Crippen LogP contribution is 2.27. The van der Waals surface area contributed by atoms with E-state index >= 15 is 0 Å². The summed E-state index contributed by atoms with van der Waals surface area (Å²) in [6.07, 6.45) is 2.28. The first-order valence-electron chi connectivity index (χ1n) is 9.14. The lowest BCUT2D eigenvalue weighted by Gasteiger charge is -2.28. The van der Waals surface area contributed by atoms with Crippen molar-refractivity contribution in [1.29, 1.82) is 0 Å². The molecule has 0 radical (unpaired) electrons. The van der Waals surface area contributed by atoms with Crippen LogP contribution in [0, 0.1) is 0 Å². The van der Waals surface area contributed by atoms with Crippen molar-refractivity contribution in [3.63, 3.8) is 0 Å². The van der Waals surface area contributed by atoms with Gasteiger partial charge in [0, 0.05) is 32.4 Å². The predicted octanol–water partition coefficient (Wildman–Crippen LogP) is 3.52. The summed E-state index contributed by atoms with van der Waals surface area (Å²) in [7, 11) is 0.347. The third kappa shape index (κ3) is 4.82. The average Bonchev–Trinajstić information content (AvgIpc) is 3.17. The lowest BCUT2D eigenvalue weighted by molar-refractivity contribution is 0.246. The summed E-state index contributed by atoms with van der Waals surface area (Å²) in [5.41, 5.74) is 2.24. The quantitative estimate of drug-likeness (QED) is 0.762. The summed E-state index contributed by atoms with van der Waals surface area (Å²) >= 11 is 6.08. The van der Waals surface area contributed by atoms with Gasteiger partial charge in [0.2, 0.25) is 10.0 Å². The Balaban J connectivity index is 1.81. The normalized spacial score (nSPS) is 16.4. The van der Waals surface area contributed by atoms with Gasteiger partial charge in [0.05, 0.1) is 5.02 Å². The molecule has 2 aromatic rings. The van der Waals surface area contributed by atoms with Crippen LogP contribution in [-0.2, 0) is 10.0 Å². The third-order valence-electron chi connectivity index (χ3n) is 4.97. The first kappa shape index (κ1) is 20.1. The van der Waals surface area contributed by atoms with Gasteiger partial charge >= 0.3 is 0 Å². The first-order valence-corrected chi connectivity index (χ1v) is 11.0. The van der Waals surface area contributed by atoms with Gasteiger partial charge < -0.3 is 4.90 Å². The zero-order valence-corrected chi connectivity index (χ0v) is 17.3. The van der Waals surface area contributed by atoms with Crippen LogP contribution < -0.4 is 9.62 Å². The number of halogens is 1. The van der Waals surface area contributed by atoms with Gasteiger partial charge in [0.1, 0.15) is 4.90 Å². The molecule has 1 saturated heterocycles. The molecule has 0 bridgehead atoms. The molecule has 0 amide bonds. The number of hydrogen-bond acceptors (Lipinski definition) is 4. The Bertz CT molecular complexity index is 863. The summed E-state index contributed by atoms with van der Waals surface area (Å²) in [5.74, 6) is 0. The lowest BCUT2D eigenvalue weighted by Crippen LogP contribution is -2.36. The molecule has 1 atom stereocenters. The number of rotatable bonds is 7. The average molecular weight is 408 g/mol. The van der Waals surface area contributed by atoms with Gasteiger partial charge in [-0.15, -0.1) is 0 Å². The van der Waals surface area contributed by atoms with Crippen LogP contribution >= 0.6 is 11.6 Å². The summed E-state index contributed by atoms with van der Waals surface area (Å²) in [6, 6.07) is 14.8. The van der Waals surface area contributed by atoms with Crippen molar-refractivity contribution < 1.29 is 8.42 Å². The Hall–Kier alpha value is -1.60. The summed E-state index contributed by atoms with van der Waals surface area (Å²) in [5, 5.41) is 0.234. The molecule has 27 heavy (non-hydrogen) atoms. The molecule has 7 heteroatoms. The van der Waals surface area contributed by atoms with Crippen LogP contribution in [0.25, 0.3) is 0 Å². The molecule has 0 spiro atoms. The van der Waals surface area contributed by atoms with Crippen LogP contribution in [0.2, 0.25) is 5.02 Å². The van der Waals surface area contributed by atoms with E-state index < -0.39 is 10.0 Å². The fourth-order valence-electron chi connectivity index (χ4n) is 3.43. The molecule has 1 aliphatic heterocycles. The van der Waals surface area contributed by atoms with Crippen molar-refractivity contribution >= 4 is 27.3 Å². The summed E-state index contributed by atoms with van der Waals surface area (Å²) < 4.78 is 28.2. The van der Waals surface area contributed by atoms with Crippen molar-refractivity contribution in [3.8, 4) is 0 Å². The molecule has 146 valence electrons. The standard InChI is InChI=1S/C20H26ClN3O2S/c1-23(2)17-11-9-16(10-12-17)19(24-13-5-6-14-24)15-22-27(25,26)20-8-4-3-7-18(20)21/h3-4,7-12,19,22H,5-6,13-15H2,1-2H3. The van der Waals surface area contributed by atoms with Gasteiger partial charge in [0.25, 0.3) is 0 Å². The van der Waals surface area contributed by atoms with Crippen molar-refractivity contribution in [2.45, 2.75) is 23.8 Å². The van der Waals surface area contributed by atoms with Gasteiger partial charge in [-0.1, -0.05) is 35.9 Å². The molecule has 2 aromatic carbocycles. The van der Waals surface area contributed by atoms with Crippen LogP contribution in [0.5, 0.6) is 0 Å². The minimum Gasteiger partial charge on any atom is -0.378 e. The fourth-order valence-corrected chi connectivity index (χ4v) is 4.99. The second kappa shape index (κ2) is 8.61. The highest BCUT2D eigenvalue weighted by molar-refractivity contribution is 7.89. The molecule has 1 heterocycles. The van der Waals surface area contributed by atoms with E-state index in [-0.39, 0.29) is 16.0 Å². The van der Waals surface area contributed by atoms with E-state index in [1.165, 1.54) is 6.07 Å². The number of sulfonamides is 1. The van der Waals surface area contributed by atoms with Gasteiger partial charge in [-0.2, -0.15) is 0 Å². The summed E-state index contributed by atoms with van der Waals surface area (Å²) in [6.45, 7) is 2.27. The minimum atomic E-state index is -3.66. The van der Waals surface area contributed by atoms with Gasteiger partial charge in [-0.3, -0.25) is 4.90 Å². The van der Waals surface area contributed by atoms with E-state index in [0.29, 0.717) is 6.54 Å². The van der Waals surface area contributed by atoms with Crippen molar-refractivity contribution in [2.24, 2.45) is 0 Å². The lowest BCUT2D eigenvalue weighted by atomic mass is 10.1. The Labute approximate surface area is 167 Å². The first-order chi connectivity index (χ1) is 12.9. The zero-order valence-electron chi connectivity index (χ0n) is 15.7. The van der Waals surface area contributed by atoms with E-state index in [1.807, 2.05) is 14.1 Å². The molecule has 0 aliphatic carbocycles. The maximum atomic E-state index is 12.7. The van der Waals surface area contributed by atoms with Crippen molar-refractivity contribution in [3.05, 3.63) is 59.1 Å². The molecule has 1 N–H and O–H groups in total. The van der Waals surface area contributed by atoms with Crippen LogP contribution in [0.1, 0.15) is 24.4 Å². The summed E-state index contributed by atoms with van der Waals surface area (Å²) in [4.78, 5) is 4.52. The third-order valence-corrected chi connectivity index (χ3v) is 6.89. The minimum absolute atomic E-state index is 0.000903. The maximum Gasteiger partial charge on any atom is 0.242 e. The molecule has 1 aliphatic rings. The number of benzene rings is 2. The molecular weight excluding hydrogens is 382 g/mol. The van der Waals surface area contributed by atoms with Crippen molar-refractivity contribution in [2.75, 3.05) is 38.6 Å². The smallest absolute Gasteiger partial charge is 0.242 e. The molecule has 5 nitrogen and oxygen atoms in total. The number of nitrogens with one attached hydrogen (secondary N) is 1. The number of nitrogens with zero attached hydrogens (tertiary/aromatic N) is 2. The van der Waals surface area contributed by atoms with E-state index in [4.69, 9.17) is 11.6 Å². The van der Waals surface area contributed by atoms with Crippen LogP contribution in [0.4, 0.5) is 5.69 Å². The number of anilines is 1. The topological polar surface area (TPSA) is 52.7 Å². The van der Waals surface area contributed by atoms with E-state index in [2.05, 4.69) is 38.8 Å². The van der Waals surface area contributed by atoms with Gasteiger partial charge in [-0.25, -0.2) is 13.1 Å². The molecule has 3 rings (SSSR count). The fraction of sp³-hybridized carbons (Fsp3) is 0.400. The maximum absolute atomic E-state index is 12.7. The largest absolute Gasteiger partial charge is 0.378 e. The second-order valence-electron chi connectivity index (χ2n) is 7.03. The molecule has 1 unspecified atom stereocenters. The van der Waals surface area contributed by atoms with Gasteiger partial charge in [-0.05, 0) is 55.8 Å². The van der Waals surface area contributed by atoms with Gasteiger partial charge in [0.15, 0.2) is 0 Å². The Kier molecular flexibility index (Phi) is 6.42. The van der Waals surface area contributed by atoms with E-state index in [9.17, 15) is 8.42 Å². The zero-order chi connectivity index (χ0) is 19.4. The predicted molar refractivity (Wildman–Crippen MR) is 111 cm³/mol. The Morgan fingerprint density at radius 1 is 1.07 bits per heavy atom. The SMILES string of the molecule is CN(C)c1ccc(C(CNS(=O)(=O)c2ccccc2Cl)N2CCCC2)cc1.